The number of aliphatic imine (C=N–C) groups is 1. The van der Waals surface area contributed by atoms with E-state index in [2.05, 4.69) is 27.8 Å². The molecule has 0 spiro atoms. The molecular weight excluding hydrogens is 535 g/mol. The molecule has 32 heavy (non-hydrogen) atoms. The van der Waals surface area contributed by atoms with E-state index in [0.29, 0.717) is 24.6 Å². The Hall–Kier alpha value is -2.58. The Morgan fingerprint density at radius 2 is 1.53 bits per heavy atom. The van der Waals surface area contributed by atoms with Gasteiger partial charge in [-0.1, -0.05) is 60.1 Å². The highest BCUT2D eigenvalue weighted by Gasteiger charge is 2.08. The summed E-state index contributed by atoms with van der Waals surface area (Å²) in [5.41, 5.74) is 5.19. The van der Waals surface area contributed by atoms with Gasteiger partial charge in [-0.3, -0.25) is 9.79 Å². The van der Waals surface area contributed by atoms with Crippen LogP contribution in [0.15, 0.2) is 77.8 Å². The lowest BCUT2D eigenvalue weighted by atomic mass is 10.00. The molecule has 1 amide bonds. The third-order valence-electron chi connectivity index (χ3n) is 4.91. The number of carbonyl (C=O) groups is 1. The average molecular weight is 563 g/mol. The van der Waals surface area contributed by atoms with E-state index in [9.17, 15) is 4.79 Å². The minimum atomic E-state index is -0.00339. The van der Waals surface area contributed by atoms with Crippen LogP contribution in [-0.4, -0.2) is 37.9 Å². The third-order valence-corrected chi connectivity index (χ3v) is 5.16. The van der Waals surface area contributed by atoms with E-state index in [0.717, 1.165) is 21.7 Å². The fraction of sp³-hybridized carbons (Fsp3) is 0.200. The van der Waals surface area contributed by atoms with Crippen molar-refractivity contribution in [1.82, 2.24) is 15.5 Å². The summed E-state index contributed by atoms with van der Waals surface area (Å²) in [6, 6.07) is 23.7. The molecule has 0 heterocycles. The fourth-order valence-electron chi connectivity index (χ4n) is 3.19. The summed E-state index contributed by atoms with van der Waals surface area (Å²) in [6.07, 6.45) is 0. The van der Waals surface area contributed by atoms with Gasteiger partial charge in [0.15, 0.2) is 5.96 Å². The minimum Gasteiger partial charge on any atom is -0.352 e. The number of rotatable bonds is 6. The molecule has 0 aliphatic heterocycles. The van der Waals surface area contributed by atoms with Gasteiger partial charge in [-0.05, 0) is 46.5 Å². The smallest absolute Gasteiger partial charge is 0.253 e. The van der Waals surface area contributed by atoms with Gasteiger partial charge in [-0.2, -0.15) is 0 Å². The monoisotopic (exact) mass is 562 g/mol. The molecule has 0 radical (unpaired) electrons. The third kappa shape index (κ3) is 6.97. The summed E-state index contributed by atoms with van der Waals surface area (Å²) in [5, 5.41) is 7.42. The van der Waals surface area contributed by atoms with Crippen molar-refractivity contribution in [2.45, 2.75) is 13.1 Å². The summed E-state index contributed by atoms with van der Waals surface area (Å²) < 4.78 is 0. The highest BCUT2D eigenvalue weighted by atomic mass is 127. The number of hydrogen-bond acceptors (Lipinski definition) is 2. The highest BCUT2D eigenvalue weighted by molar-refractivity contribution is 14.0. The average Bonchev–Trinajstić information content (AvgIpc) is 2.80. The van der Waals surface area contributed by atoms with E-state index in [-0.39, 0.29) is 29.9 Å². The molecule has 5 nitrogen and oxygen atoms in total. The number of halogens is 2. The van der Waals surface area contributed by atoms with E-state index in [1.165, 1.54) is 5.56 Å². The fourth-order valence-corrected chi connectivity index (χ4v) is 3.32. The molecule has 0 aliphatic carbocycles. The molecule has 0 saturated heterocycles. The van der Waals surface area contributed by atoms with E-state index >= 15 is 0 Å². The molecule has 3 rings (SSSR count). The molecule has 7 heteroatoms. The standard InChI is InChI=1S/C25H27ClN4O.HI/c1-27-25(28-16-18-8-10-20(11-9-18)24(31)30(2)3)29-17-21-6-4-5-7-23(21)19-12-14-22(26)15-13-19;/h4-15H,16-17H2,1-3H3,(H2,27,28,29);1H. The van der Waals surface area contributed by atoms with Gasteiger partial charge in [0.2, 0.25) is 0 Å². The second kappa shape index (κ2) is 12.5. The summed E-state index contributed by atoms with van der Waals surface area (Å²) in [4.78, 5) is 17.9. The molecular formula is C25H28ClIN4O. The van der Waals surface area contributed by atoms with Crippen LogP contribution in [0.1, 0.15) is 21.5 Å². The molecule has 0 saturated carbocycles. The van der Waals surface area contributed by atoms with Crippen LogP contribution in [0.5, 0.6) is 0 Å². The maximum absolute atomic E-state index is 12.0. The van der Waals surface area contributed by atoms with Gasteiger partial charge in [0.05, 0.1) is 0 Å². The van der Waals surface area contributed by atoms with Crippen LogP contribution in [0, 0.1) is 0 Å². The lowest BCUT2D eigenvalue weighted by Crippen LogP contribution is -2.36. The Labute approximate surface area is 211 Å². The summed E-state index contributed by atoms with van der Waals surface area (Å²) >= 11 is 6.03. The molecule has 0 atom stereocenters. The van der Waals surface area contributed by atoms with E-state index in [1.807, 2.05) is 60.7 Å². The van der Waals surface area contributed by atoms with Crippen molar-refractivity contribution in [1.29, 1.82) is 0 Å². The number of amides is 1. The second-order valence-electron chi connectivity index (χ2n) is 7.34. The van der Waals surface area contributed by atoms with Gasteiger partial charge in [-0.25, -0.2) is 0 Å². The highest BCUT2D eigenvalue weighted by Crippen LogP contribution is 2.25. The molecule has 0 aliphatic rings. The van der Waals surface area contributed by atoms with Crippen molar-refractivity contribution in [2.24, 2.45) is 4.99 Å². The van der Waals surface area contributed by atoms with Crippen molar-refractivity contribution in [2.75, 3.05) is 21.1 Å². The number of hydrogen-bond donors (Lipinski definition) is 2. The Morgan fingerprint density at radius 1 is 0.906 bits per heavy atom. The first-order chi connectivity index (χ1) is 15.0. The minimum absolute atomic E-state index is 0. The predicted octanol–water partition coefficient (Wildman–Crippen LogP) is 5.19. The zero-order valence-electron chi connectivity index (χ0n) is 18.4. The SMILES string of the molecule is CN=C(NCc1ccc(C(=O)N(C)C)cc1)NCc1ccccc1-c1ccc(Cl)cc1.I. The summed E-state index contributed by atoms with van der Waals surface area (Å²) in [5.74, 6) is 0.704. The number of nitrogens with one attached hydrogen (secondary N) is 2. The molecule has 3 aromatic rings. The molecule has 2 N–H and O–H groups in total. The van der Waals surface area contributed by atoms with Crippen LogP contribution in [0.4, 0.5) is 0 Å². The predicted molar refractivity (Wildman–Crippen MR) is 144 cm³/mol. The number of carbonyl (C=O) groups excluding carboxylic acids is 1. The number of guanidine groups is 1. The van der Waals surface area contributed by atoms with Crippen LogP contribution in [-0.2, 0) is 13.1 Å². The van der Waals surface area contributed by atoms with E-state index in [4.69, 9.17) is 11.6 Å². The Balaban J connectivity index is 0.00000363. The van der Waals surface area contributed by atoms with E-state index in [1.54, 1.807) is 26.0 Å². The molecule has 0 fully saturated rings. The van der Waals surface area contributed by atoms with Gasteiger partial charge in [0.1, 0.15) is 0 Å². The Morgan fingerprint density at radius 3 is 2.16 bits per heavy atom. The summed E-state index contributed by atoms with van der Waals surface area (Å²) in [7, 11) is 5.25. The summed E-state index contributed by atoms with van der Waals surface area (Å²) in [6.45, 7) is 1.24. The largest absolute Gasteiger partial charge is 0.352 e. The molecule has 3 aromatic carbocycles. The van der Waals surface area contributed by atoms with Crippen LogP contribution in [0.25, 0.3) is 11.1 Å². The van der Waals surface area contributed by atoms with Crippen molar-refractivity contribution in [3.05, 3.63) is 94.5 Å². The maximum Gasteiger partial charge on any atom is 0.253 e. The van der Waals surface area contributed by atoms with Crippen LogP contribution < -0.4 is 10.6 Å². The maximum atomic E-state index is 12.0. The molecule has 0 unspecified atom stereocenters. The normalized spacial score (nSPS) is 10.8. The van der Waals surface area contributed by atoms with Crippen molar-refractivity contribution < 1.29 is 4.79 Å². The van der Waals surface area contributed by atoms with E-state index < -0.39 is 0 Å². The first kappa shape index (κ1) is 25.7. The first-order valence-corrected chi connectivity index (χ1v) is 10.4. The van der Waals surface area contributed by atoms with Gasteiger partial charge < -0.3 is 15.5 Å². The van der Waals surface area contributed by atoms with Crippen molar-refractivity contribution >= 4 is 47.4 Å². The Bertz CT molecular complexity index is 1050. The topological polar surface area (TPSA) is 56.7 Å². The zero-order chi connectivity index (χ0) is 22.2. The lowest BCUT2D eigenvalue weighted by molar-refractivity contribution is 0.0827. The first-order valence-electron chi connectivity index (χ1n) is 10.1. The van der Waals surface area contributed by atoms with Gasteiger partial charge in [0.25, 0.3) is 5.91 Å². The second-order valence-corrected chi connectivity index (χ2v) is 7.78. The van der Waals surface area contributed by atoms with Crippen LogP contribution >= 0.6 is 35.6 Å². The quantitative estimate of drug-likeness (QED) is 0.247. The van der Waals surface area contributed by atoms with Gasteiger partial charge in [-0.15, -0.1) is 24.0 Å². The van der Waals surface area contributed by atoms with Crippen LogP contribution in [0.3, 0.4) is 0 Å². The van der Waals surface area contributed by atoms with Gasteiger partial charge >= 0.3 is 0 Å². The molecule has 0 bridgehead atoms. The van der Waals surface area contributed by atoms with Crippen molar-refractivity contribution in [3.8, 4) is 11.1 Å². The number of nitrogens with zero attached hydrogens (tertiary/aromatic N) is 2. The zero-order valence-corrected chi connectivity index (χ0v) is 21.5. The lowest BCUT2D eigenvalue weighted by Gasteiger charge is -2.15. The van der Waals surface area contributed by atoms with Gasteiger partial charge in [0, 0.05) is 44.8 Å². The Kier molecular flexibility index (Phi) is 9.99. The van der Waals surface area contributed by atoms with Crippen LogP contribution in [0.2, 0.25) is 5.02 Å². The molecule has 168 valence electrons. The van der Waals surface area contributed by atoms with Crippen molar-refractivity contribution in [3.63, 3.8) is 0 Å². The number of benzene rings is 3. The molecule has 0 aromatic heterocycles.